The minimum atomic E-state index is -0.879. The standard InChI is InChI=1S/C32H47N3O4/c1-10-12-20-35(30(37)27(22(4)11-2)34-31(38)39-32(7,8)9)28(25-18-16-21(3)17-19-25)29(36)33-26-23(5)14-13-15-24(26)6/h13-19,22,27-28H,10-12,20H2,1-9H3,(H,33,36)(H,34,38). The van der Waals surface area contributed by atoms with Crippen LogP contribution < -0.4 is 10.6 Å². The largest absolute Gasteiger partial charge is 0.444 e. The first kappa shape index (κ1) is 31.9. The third-order valence-electron chi connectivity index (χ3n) is 6.87. The Kier molecular flexibility index (Phi) is 11.6. The van der Waals surface area contributed by atoms with Gasteiger partial charge in [0.1, 0.15) is 17.7 Å². The van der Waals surface area contributed by atoms with E-state index in [1.165, 1.54) is 0 Å². The first-order valence-corrected chi connectivity index (χ1v) is 14.0. The Morgan fingerprint density at radius 2 is 1.54 bits per heavy atom. The minimum absolute atomic E-state index is 0.172. The Morgan fingerprint density at radius 3 is 2.05 bits per heavy atom. The SMILES string of the molecule is CCCCN(C(=O)C(NC(=O)OC(C)(C)C)C(C)CC)C(C(=O)Nc1c(C)cccc1C)c1ccc(C)cc1. The molecule has 0 aliphatic carbocycles. The maximum atomic E-state index is 14.3. The first-order chi connectivity index (χ1) is 18.3. The number of hydrogen-bond donors (Lipinski definition) is 2. The van der Waals surface area contributed by atoms with Gasteiger partial charge in [-0.3, -0.25) is 9.59 Å². The van der Waals surface area contributed by atoms with Gasteiger partial charge < -0.3 is 20.3 Å². The van der Waals surface area contributed by atoms with Crippen LogP contribution in [0.3, 0.4) is 0 Å². The molecule has 0 fully saturated rings. The second kappa shape index (κ2) is 14.2. The molecule has 0 bridgehead atoms. The second-order valence-electron chi connectivity index (χ2n) is 11.5. The Hall–Kier alpha value is -3.35. The molecule has 0 heterocycles. The third-order valence-corrected chi connectivity index (χ3v) is 6.87. The highest BCUT2D eigenvalue weighted by Gasteiger charge is 2.38. The summed E-state index contributed by atoms with van der Waals surface area (Å²) in [6.07, 6.45) is 1.57. The van der Waals surface area contributed by atoms with Crippen molar-refractivity contribution in [3.8, 4) is 0 Å². The van der Waals surface area contributed by atoms with Crippen molar-refractivity contribution in [2.45, 2.75) is 99.3 Å². The van der Waals surface area contributed by atoms with Crippen LogP contribution in [-0.2, 0) is 14.3 Å². The van der Waals surface area contributed by atoms with E-state index in [0.29, 0.717) is 24.9 Å². The Labute approximate surface area is 234 Å². The quantitative estimate of drug-likeness (QED) is 0.328. The molecule has 0 saturated carbocycles. The molecule has 3 amide bonds. The number of carbonyl (C=O) groups is 3. The zero-order valence-corrected chi connectivity index (χ0v) is 25.2. The van der Waals surface area contributed by atoms with Crippen molar-refractivity contribution in [1.82, 2.24) is 10.2 Å². The smallest absolute Gasteiger partial charge is 0.408 e. The van der Waals surface area contributed by atoms with Crippen LogP contribution in [0.4, 0.5) is 10.5 Å². The summed E-state index contributed by atoms with van der Waals surface area (Å²) in [6.45, 7) is 17.6. The van der Waals surface area contributed by atoms with E-state index in [2.05, 4.69) is 10.6 Å². The van der Waals surface area contributed by atoms with Crippen molar-refractivity contribution in [3.63, 3.8) is 0 Å². The molecular formula is C32H47N3O4. The summed E-state index contributed by atoms with van der Waals surface area (Å²) in [6, 6.07) is 11.8. The van der Waals surface area contributed by atoms with Gasteiger partial charge in [0.2, 0.25) is 5.91 Å². The normalized spacial score (nSPS) is 13.7. The molecule has 2 aromatic carbocycles. The number of amides is 3. The van der Waals surface area contributed by atoms with Crippen molar-refractivity contribution in [2.24, 2.45) is 5.92 Å². The van der Waals surface area contributed by atoms with Gasteiger partial charge in [-0.25, -0.2) is 4.79 Å². The highest BCUT2D eigenvalue weighted by atomic mass is 16.6. The number of anilines is 1. The van der Waals surface area contributed by atoms with Crippen LogP contribution in [0, 0.1) is 26.7 Å². The van der Waals surface area contributed by atoms with Crippen molar-refractivity contribution in [2.75, 3.05) is 11.9 Å². The molecule has 0 aliphatic rings. The van der Waals surface area contributed by atoms with E-state index in [-0.39, 0.29) is 17.7 Å². The summed E-state index contributed by atoms with van der Waals surface area (Å²) < 4.78 is 5.48. The van der Waals surface area contributed by atoms with E-state index in [4.69, 9.17) is 4.74 Å². The molecule has 2 N–H and O–H groups in total. The molecule has 7 nitrogen and oxygen atoms in total. The number of aryl methyl sites for hydroxylation is 3. The predicted octanol–water partition coefficient (Wildman–Crippen LogP) is 6.86. The number of carbonyl (C=O) groups excluding carboxylic acids is 3. The Bertz CT molecular complexity index is 1100. The highest BCUT2D eigenvalue weighted by molar-refractivity contribution is 6.00. The number of nitrogens with zero attached hydrogens (tertiary/aromatic N) is 1. The molecule has 0 radical (unpaired) electrons. The van der Waals surface area contributed by atoms with Crippen LogP contribution in [0.25, 0.3) is 0 Å². The van der Waals surface area contributed by atoms with Crippen LogP contribution >= 0.6 is 0 Å². The van der Waals surface area contributed by atoms with Gasteiger partial charge in [0.05, 0.1) is 0 Å². The first-order valence-electron chi connectivity index (χ1n) is 14.0. The van der Waals surface area contributed by atoms with E-state index in [0.717, 1.165) is 28.8 Å². The van der Waals surface area contributed by atoms with Gasteiger partial charge in [0, 0.05) is 12.2 Å². The number of alkyl carbamates (subject to hydrolysis) is 1. The number of rotatable bonds is 11. The number of benzene rings is 2. The molecular weight excluding hydrogens is 490 g/mol. The molecule has 3 atom stereocenters. The molecule has 2 rings (SSSR count). The van der Waals surface area contributed by atoms with Crippen molar-refractivity contribution < 1.29 is 19.1 Å². The fourth-order valence-corrected chi connectivity index (χ4v) is 4.42. The van der Waals surface area contributed by atoms with Gasteiger partial charge in [0.15, 0.2) is 0 Å². The molecule has 214 valence electrons. The number of hydrogen-bond acceptors (Lipinski definition) is 4. The van der Waals surface area contributed by atoms with Gasteiger partial charge in [0.25, 0.3) is 5.91 Å². The summed E-state index contributed by atoms with van der Waals surface area (Å²) in [5, 5.41) is 5.93. The molecule has 7 heteroatoms. The highest BCUT2D eigenvalue weighted by Crippen LogP contribution is 2.28. The Morgan fingerprint density at radius 1 is 0.949 bits per heavy atom. The van der Waals surface area contributed by atoms with Crippen LogP contribution in [0.15, 0.2) is 42.5 Å². The molecule has 0 aliphatic heterocycles. The lowest BCUT2D eigenvalue weighted by molar-refractivity contribution is -0.142. The molecule has 0 spiro atoms. The van der Waals surface area contributed by atoms with E-state index < -0.39 is 23.8 Å². The summed E-state index contributed by atoms with van der Waals surface area (Å²) in [4.78, 5) is 42.8. The number of ether oxygens (including phenoxy) is 1. The lowest BCUT2D eigenvalue weighted by Crippen LogP contribution is -2.55. The van der Waals surface area contributed by atoms with Crippen LogP contribution in [0.5, 0.6) is 0 Å². The van der Waals surface area contributed by atoms with Gasteiger partial charge >= 0.3 is 6.09 Å². The average Bonchev–Trinajstić information content (AvgIpc) is 2.86. The van der Waals surface area contributed by atoms with Gasteiger partial charge in [-0.1, -0.05) is 81.6 Å². The zero-order valence-electron chi connectivity index (χ0n) is 25.2. The van der Waals surface area contributed by atoms with Crippen LogP contribution in [0.2, 0.25) is 0 Å². The fraction of sp³-hybridized carbons (Fsp3) is 0.531. The van der Waals surface area contributed by atoms with Crippen molar-refractivity contribution in [1.29, 1.82) is 0 Å². The maximum absolute atomic E-state index is 14.3. The summed E-state index contributed by atoms with van der Waals surface area (Å²) in [5.74, 6) is -0.763. The lowest BCUT2D eigenvalue weighted by Gasteiger charge is -2.36. The zero-order chi connectivity index (χ0) is 29.3. The summed E-state index contributed by atoms with van der Waals surface area (Å²) >= 11 is 0. The van der Waals surface area contributed by atoms with Gasteiger partial charge in [-0.05, 0) is 70.6 Å². The summed E-state index contributed by atoms with van der Waals surface area (Å²) in [7, 11) is 0. The maximum Gasteiger partial charge on any atom is 0.408 e. The van der Waals surface area contributed by atoms with E-state index in [1.807, 2.05) is 84.0 Å². The van der Waals surface area contributed by atoms with Crippen molar-refractivity contribution >= 4 is 23.6 Å². The minimum Gasteiger partial charge on any atom is -0.444 e. The van der Waals surface area contributed by atoms with Crippen LogP contribution in [-0.4, -0.2) is 41.0 Å². The second-order valence-corrected chi connectivity index (χ2v) is 11.5. The molecule has 3 unspecified atom stereocenters. The molecule has 0 aromatic heterocycles. The predicted molar refractivity (Wildman–Crippen MR) is 158 cm³/mol. The van der Waals surface area contributed by atoms with Gasteiger partial charge in [-0.2, -0.15) is 0 Å². The topological polar surface area (TPSA) is 87.7 Å². The summed E-state index contributed by atoms with van der Waals surface area (Å²) in [5.41, 5.74) is 3.71. The van der Waals surface area contributed by atoms with E-state index in [1.54, 1.807) is 25.7 Å². The molecule has 0 saturated heterocycles. The van der Waals surface area contributed by atoms with Gasteiger partial charge in [-0.15, -0.1) is 0 Å². The third kappa shape index (κ3) is 9.12. The molecule has 39 heavy (non-hydrogen) atoms. The van der Waals surface area contributed by atoms with Crippen molar-refractivity contribution in [3.05, 3.63) is 64.7 Å². The van der Waals surface area contributed by atoms with E-state index in [9.17, 15) is 14.4 Å². The monoisotopic (exact) mass is 537 g/mol. The Balaban J connectivity index is 2.57. The number of unbranched alkanes of at least 4 members (excludes halogenated alkanes) is 1. The fourth-order valence-electron chi connectivity index (χ4n) is 4.42. The molecule has 2 aromatic rings. The van der Waals surface area contributed by atoms with Crippen LogP contribution in [0.1, 0.15) is 89.1 Å². The lowest BCUT2D eigenvalue weighted by atomic mass is 9.95. The van der Waals surface area contributed by atoms with E-state index >= 15 is 0 Å². The number of para-hydroxylation sites is 1. The average molecular weight is 538 g/mol. The number of nitrogens with one attached hydrogen (secondary N) is 2.